The Morgan fingerprint density at radius 3 is 2.55 bits per heavy atom. The van der Waals surface area contributed by atoms with E-state index in [0.29, 0.717) is 11.2 Å². The summed E-state index contributed by atoms with van der Waals surface area (Å²) in [5.41, 5.74) is 2.68. The number of aromatic hydroxyl groups is 1. The number of phenolic OH excluding ortho intramolecular Hbond substituents is 1. The molecule has 152 valence electrons. The van der Waals surface area contributed by atoms with Crippen molar-refractivity contribution in [3.05, 3.63) is 108 Å². The van der Waals surface area contributed by atoms with E-state index in [1.807, 2.05) is 60.7 Å². The number of benzene rings is 3. The molecule has 1 amide bonds. The van der Waals surface area contributed by atoms with Gasteiger partial charge >= 0.3 is 0 Å². The molecule has 0 fully saturated rings. The first kappa shape index (κ1) is 18.8. The smallest absolute Gasteiger partial charge is 0.270 e. The maximum Gasteiger partial charge on any atom is 0.270 e. The van der Waals surface area contributed by atoms with Crippen molar-refractivity contribution in [2.75, 3.05) is 0 Å². The lowest BCUT2D eigenvalue weighted by Crippen LogP contribution is -2.30. The lowest BCUT2D eigenvalue weighted by Gasteiger charge is -2.19. The molecule has 1 atom stereocenters. The largest absolute Gasteiger partial charge is 0.508 e. The summed E-state index contributed by atoms with van der Waals surface area (Å²) in [7, 11) is 0. The van der Waals surface area contributed by atoms with Crippen LogP contribution in [0.15, 0.2) is 84.9 Å². The summed E-state index contributed by atoms with van der Waals surface area (Å²) in [4.78, 5) is 20.8. The number of nitrogens with zero attached hydrogens (tertiary/aromatic N) is 1. The van der Waals surface area contributed by atoms with E-state index in [1.54, 1.807) is 6.07 Å². The maximum atomic E-state index is 14.0. The molecule has 0 saturated carbocycles. The zero-order valence-corrected chi connectivity index (χ0v) is 16.3. The number of phenols is 1. The number of fused-ring (bicyclic) bond motifs is 2. The van der Waals surface area contributed by atoms with Gasteiger partial charge in [0.25, 0.3) is 5.91 Å². The number of para-hydroxylation sites is 2. The molecule has 0 bridgehead atoms. The van der Waals surface area contributed by atoms with Crippen molar-refractivity contribution in [3.8, 4) is 5.75 Å². The number of aromatic nitrogens is 2. The van der Waals surface area contributed by atoms with Crippen LogP contribution in [-0.2, 0) is 0 Å². The molecule has 2 aromatic heterocycles. The third kappa shape index (κ3) is 3.59. The van der Waals surface area contributed by atoms with Gasteiger partial charge in [0.15, 0.2) is 0 Å². The second kappa shape index (κ2) is 7.57. The van der Waals surface area contributed by atoms with Gasteiger partial charge in [-0.3, -0.25) is 4.79 Å². The normalized spacial score (nSPS) is 12.2. The third-order valence-electron chi connectivity index (χ3n) is 5.27. The quantitative estimate of drug-likeness (QED) is 0.386. The van der Waals surface area contributed by atoms with Crippen LogP contribution < -0.4 is 5.32 Å². The minimum atomic E-state index is -0.802. The molecular formula is C25H18FN3O2. The van der Waals surface area contributed by atoms with Gasteiger partial charge < -0.3 is 15.4 Å². The highest BCUT2D eigenvalue weighted by atomic mass is 19.1. The Kier molecular flexibility index (Phi) is 4.59. The van der Waals surface area contributed by atoms with Crippen LogP contribution in [0.1, 0.15) is 27.8 Å². The fourth-order valence-corrected chi connectivity index (χ4v) is 3.73. The van der Waals surface area contributed by atoms with Gasteiger partial charge in [-0.1, -0.05) is 42.5 Å². The van der Waals surface area contributed by atoms with Crippen molar-refractivity contribution in [1.82, 2.24) is 15.3 Å². The zero-order valence-electron chi connectivity index (χ0n) is 16.3. The molecule has 0 aliphatic carbocycles. The number of nitrogens with one attached hydrogen (secondary N) is 2. The summed E-state index contributed by atoms with van der Waals surface area (Å²) in [5.74, 6) is -1.05. The fourth-order valence-electron chi connectivity index (χ4n) is 3.73. The first-order valence-electron chi connectivity index (χ1n) is 9.81. The SMILES string of the molecule is O=C(NC(c1cc2ccccc2[nH]1)c1cc(F)ccc1O)c1ccc2ccccc2n1. The number of pyridine rings is 1. The number of aromatic amines is 1. The number of hydrogen-bond donors (Lipinski definition) is 3. The van der Waals surface area contributed by atoms with Gasteiger partial charge in [-0.25, -0.2) is 9.37 Å². The van der Waals surface area contributed by atoms with E-state index in [0.717, 1.165) is 16.3 Å². The fraction of sp³-hybridized carbons (Fsp3) is 0.0400. The molecule has 3 aromatic carbocycles. The summed E-state index contributed by atoms with van der Waals surface area (Å²) in [6, 6.07) is 23.4. The molecule has 0 aliphatic heterocycles. The van der Waals surface area contributed by atoms with Crippen molar-refractivity contribution in [2.45, 2.75) is 6.04 Å². The van der Waals surface area contributed by atoms with E-state index in [4.69, 9.17) is 0 Å². The standard InChI is InChI=1S/C25H18FN3O2/c26-17-10-12-23(30)18(14-17)24(22-13-16-6-2-4-8-20(16)28-22)29-25(31)21-11-9-15-5-1-3-7-19(15)27-21/h1-14,24,28,30H,(H,29,31). The maximum absolute atomic E-state index is 14.0. The minimum absolute atomic E-state index is 0.114. The molecule has 3 N–H and O–H groups in total. The number of hydrogen-bond acceptors (Lipinski definition) is 3. The third-order valence-corrected chi connectivity index (χ3v) is 5.27. The Morgan fingerprint density at radius 1 is 0.935 bits per heavy atom. The van der Waals surface area contributed by atoms with Gasteiger partial charge in [-0.2, -0.15) is 0 Å². The number of H-pyrrole nitrogens is 1. The molecule has 0 saturated heterocycles. The Labute approximate surface area is 177 Å². The predicted octanol–water partition coefficient (Wildman–Crippen LogP) is 5.08. The molecule has 2 heterocycles. The Balaban J connectivity index is 1.57. The lowest BCUT2D eigenvalue weighted by molar-refractivity contribution is 0.0937. The van der Waals surface area contributed by atoms with E-state index in [1.165, 1.54) is 18.2 Å². The van der Waals surface area contributed by atoms with Crippen molar-refractivity contribution in [3.63, 3.8) is 0 Å². The first-order valence-corrected chi connectivity index (χ1v) is 9.81. The van der Waals surface area contributed by atoms with Gasteiger partial charge in [0.1, 0.15) is 17.3 Å². The monoisotopic (exact) mass is 411 g/mol. The van der Waals surface area contributed by atoms with Crippen molar-refractivity contribution in [1.29, 1.82) is 0 Å². The van der Waals surface area contributed by atoms with Crippen LogP contribution in [0.2, 0.25) is 0 Å². The number of amides is 1. The molecule has 0 spiro atoms. The Hall–Kier alpha value is -4.19. The van der Waals surface area contributed by atoms with E-state index in [-0.39, 0.29) is 17.0 Å². The van der Waals surface area contributed by atoms with E-state index >= 15 is 0 Å². The Bertz CT molecular complexity index is 1390. The van der Waals surface area contributed by atoms with Gasteiger partial charge in [0, 0.05) is 22.2 Å². The van der Waals surface area contributed by atoms with Crippen LogP contribution in [0, 0.1) is 5.82 Å². The molecule has 0 radical (unpaired) electrons. The lowest BCUT2D eigenvalue weighted by atomic mass is 10.0. The molecule has 31 heavy (non-hydrogen) atoms. The minimum Gasteiger partial charge on any atom is -0.508 e. The molecule has 5 rings (SSSR count). The summed E-state index contributed by atoms with van der Waals surface area (Å²) in [5, 5.41) is 15.2. The van der Waals surface area contributed by atoms with Crippen LogP contribution in [0.5, 0.6) is 5.75 Å². The van der Waals surface area contributed by atoms with E-state index in [2.05, 4.69) is 15.3 Å². The highest BCUT2D eigenvalue weighted by Gasteiger charge is 2.24. The summed E-state index contributed by atoms with van der Waals surface area (Å²) >= 11 is 0. The first-order chi connectivity index (χ1) is 15.1. The Morgan fingerprint density at radius 2 is 1.71 bits per heavy atom. The average Bonchev–Trinajstić information content (AvgIpc) is 3.22. The molecule has 5 nitrogen and oxygen atoms in total. The van der Waals surface area contributed by atoms with Crippen LogP contribution in [0.4, 0.5) is 4.39 Å². The molecule has 6 heteroatoms. The van der Waals surface area contributed by atoms with E-state index in [9.17, 15) is 14.3 Å². The summed E-state index contributed by atoms with van der Waals surface area (Å²) in [6.45, 7) is 0. The zero-order chi connectivity index (χ0) is 21.4. The molecular weight excluding hydrogens is 393 g/mol. The summed E-state index contributed by atoms with van der Waals surface area (Å²) in [6.07, 6.45) is 0. The van der Waals surface area contributed by atoms with Gasteiger partial charge in [-0.05, 0) is 47.9 Å². The van der Waals surface area contributed by atoms with Gasteiger partial charge in [-0.15, -0.1) is 0 Å². The van der Waals surface area contributed by atoms with Crippen molar-refractivity contribution in [2.24, 2.45) is 0 Å². The number of halogens is 1. The van der Waals surface area contributed by atoms with Crippen LogP contribution in [0.3, 0.4) is 0 Å². The topological polar surface area (TPSA) is 78.0 Å². The van der Waals surface area contributed by atoms with Crippen LogP contribution in [0.25, 0.3) is 21.8 Å². The second-order valence-corrected chi connectivity index (χ2v) is 7.31. The summed E-state index contributed by atoms with van der Waals surface area (Å²) < 4.78 is 14.0. The molecule has 0 aliphatic rings. The van der Waals surface area contributed by atoms with Gasteiger partial charge in [0.05, 0.1) is 11.6 Å². The average molecular weight is 411 g/mol. The highest BCUT2D eigenvalue weighted by molar-refractivity contribution is 5.95. The number of rotatable bonds is 4. The molecule has 1 unspecified atom stereocenters. The van der Waals surface area contributed by atoms with Crippen molar-refractivity contribution < 1.29 is 14.3 Å². The molecule has 5 aromatic rings. The number of carbonyl (C=O) groups is 1. The van der Waals surface area contributed by atoms with Crippen LogP contribution >= 0.6 is 0 Å². The highest BCUT2D eigenvalue weighted by Crippen LogP contribution is 2.31. The van der Waals surface area contributed by atoms with E-state index < -0.39 is 17.8 Å². The predicted molar refractivity (Wildman–Crippen MR) is 117 cm³/mol. The van der Waals surface area contributed by atoms with Crippen LogP contribution in [-0.4, -0.2) is 21.0 Å². The van der Waals surface area contributed by atoms with Gasteiger partial charge in [0.2, 0.25) is 0 Å². The second-order valence-electron chi connectivity index (χ2n) is 7.31. The van der Waals surface area contributed by atoms with Crippen molar-refractivity contribution >= 4 is 27.7 Å². The number of carbonyl (C=O) groups excluding carboxylic acids is 1.